The Balaban J connectivity index is 1.36. The van der Waals surface area contributed by atoms with Gasteiger partial charge in [-0.15, -0.1) is 0 Å². The van der Waals surface area contributed by atoms with Crippen molar-refractivity contribution in [3.05, 3.63) is 53.1 Å². The number of morpholine rings is 1. The zero-order chi connectivity index (χ0) is 24.8. The van der Waals surface area contributed by atoms with E-state index in [4.69, 9.17) is 9.47 Å². The van der Waals surface area contributed by atoms with E-state index in [0.717, 1.165) is 11.1 Å². The molecule has 1 atom stereocenters. The van der Waals surface area contributed by atoms with Gasteiger partial charge in [0.15, 0.2) is 0 Å². The Hall–Kier alpha value is -3.37. The van der Waals surface area contributed by atoms with E-state index in [9.17, 15) is 19.8 Å². The zero-order valence-electron chi connectivity index (χ0n) is 19.9. The van der Waals surface area contributed by atoms with Crippen LogP contribution < -0.4 is 15.0 Å². The van der Waals surface area contributed by atoms with Crippen LogP contribution in [-0.4, -0.2) is 90.2 Å². The number of benzene rings is 1. The van der Waals surface area contributed by atoms with E-state index >= 15 is 0 Å². The highest BCUT2D eigenvalue weighted by molar-refractivity contribution is 5.96. The van der Waals surface area contributed by atoms with Crippen LogP contribution in [0.1, 0.15) is 28.4 Å². The van der Waals surface area contributed by atoms with Gasteiger partial charge in [-0.1, -0.05) is 24.3 Å². The van der Waals surface area contributed by atoms with Gasteiger partial charge in [0, 0.05) is 25.7 Å². The lowest BCUT2D eigenvalue weighted by Gasteiger charge is -2.28. The van der Waals surface area contributed by atoms with Gasteiger partial charge in [0.1, 0.15) is 11.4 Å². The maximum absolute atomic E-state index is 12.9. The number of hydrogen-bond acceptors (Lipinski definition) is 7. The van der Waals surface area contributed by atoms with Gasteiger partial charge in [0.25, 0.3) is 5.91 Å². The van der Waals surface area contributed by atoms with Gasteiger partial charge in [0.2, 0.25) is 5.88 Å². The molecule has 1 aromatic carbocycles. The second kappa shape index (κ2) is 11.4. The summed E-state index contributed by atoms with van der Waals surface area (Å²) in [4.78, 5) is 32.6. The molecule has 0 spiro atoms. The summed E-state index contributed by atoms with van der Waals surface area (Å²) in [6.07, 6.45) is -0.925. The van der Waals surface area contributed by atoms with Crippen LogP contribution in [0, 0.1) is 0 Å². The van der Waals surface area contributed by atoms with Crippen molar-refractivity contribution in [2.45, 2.75) is 31.9 Å². The van der Waals surface area contributed by atoms with Gasteiger partial charge in [-0.2, -0.15) is 4.98 Å². The highest BCUT2D eigenvalue weighted by atomic mass is 16.5. The largest absolute Gasteiger partial charge is 0.477 e. The number of amides is 2. The zero-order valence-corrected chi connectivity index (χ0v) is 19.9. The maximum Gasteiger partial charge on any atom is 0.407 e. The van der Waals surface area contributed by atoms with Gasteiger partial charge in [-0.05, 0) is 43.0 Å². The van der Waals surface area contributed by atoms with Crippen LogP contribution in [0.2, 0.25) is 0 Å². The van der Waals surface area contributed by atoms with Crippen molar-refractivity contribution in [2.24, 2.45) is 0 Å². The molecule has 35 heavy (non-hydrogen) atoms. The van der Waals surface area contributed by atoms with Crippen LogP contribution in [0.4, 0.5) is 10.6 Å². The first-order valence-electron chi connectivity index (χ1n) is 12.0. The lowest BCUT2D eigenvalue weighted by molar-refractivity contribution is 0.0733. The van der Waals surface area contributed by atoms with Crippen molar-refractivity contribution in [2.75, 3.05) is 50.9 Å². The van der Waals surface area contributed by atoms with Crippen molar-refractivity contribution < 1.29 is 29.3 Å². The number of carbonyl (C=O) groups is 2. The second-order valence-electron chi connectivity index (χ2n) is 8.68. The molecule has 1 fully saturated rings. The molecule has 2 aliphatic rings. The Morgan fingerprint density at radius 2 is 1.89 bits per heavy atom. The van der Waals surface area contributed by atoms with Crippen LogP contribution in [0.25, 0.3) is 0 Å². The minimum absolute atomic E-state index is 0.0964. The molecule has 4 rings (SSSR count). The van der Waals surface area contributed by atoms with Crippen LogP contribution in [0.15, 0.2) is 36.4 Å². The number of hydrogen-bond donors (Lipinski definition) is 3. The van der Waals surface area contributed by atoms with Crippen LogP contribution in [0.3, 0.4) is 0 Å². The fourth-order valence-electron chi connectivity index (χ4n) is 4.56. The van der Waals surface area contributed by atoms with Crippen LogP contribution in [0.5, 0.6) is 5.88 Å². The number of ether oxygens (including phenoxy) is 2. The number of aromatic nitrogens is 1. The third-order valence-electron chi connectivity index (χ3n) is 6.33. The number of rotatable bonds is 9. The summed E-state index contributed by atoms with van der Waals surface area (Å²) in [7, 11) is 0. The van der Waals surface area contributed by atoms with Crippen molar-refractivity contribution >= 4 is 17.8 Å². The van der Waals surface area contributed by atoms with Gasteiger partial charge in [-0.3, -0.25) is 4.79 Å². The number of aliphatic hydroxyl groups is 1. The van der Waals surface area contributed by atoms with E-state index in [1.54, 1.807) is 12.1 Å². The van der Waals surface area contributed by atoms with Gasteiger partial charge in [-0.25, -0.2) is 4.79 Å². The Morgan fingerprint density at radius 3 is 2.51 bits per heavy atom. The highest BCUT2D eigenvalue weighted by Gasteiger charge is 2.31. The summed E-state index contributed by atoms with van der Waals surface area (Å²) in [6, 6.07) is 11.1. The summed E-state index contributed by atoms with van der Waals surface area (Å²) in [5, 5.41) is 23.0. The molecule has 10 nitrogen and oxygen atoms in total. The van der Waals surface area contributed by atoms with Crippen molar-refractivity contribution in [3.8, 4) is 5.88 Å². The smallest absolute Gasteiger partial charge is 0.407 e. The van der Waals surface area contributed by atoms with E-state index in [1.807, 2.05) is 31.2 Å². The third kappa shape index (κ3) is 6.01. The van der Waals surface area contributed by atoms with Gasteiger partial charge < -0.3 is 34.8 Å². The molecule has 3 N–H and O–H groups in total. The van der Waals surface area contributed by atoms with Gasteiger partial charge >= 0.3 is 6.09 Å². The van der Waals surface area contributed by atoms with Gasteiger partial charge in [0.05, 0.1) is 32.5 Å². The molecule has 0 saturated carbocycles. The predicted molar refractivity (Wildman–Crippen MR) is 129 cm³/mol. The summed E-state index contributed by atoms with van der Waals surface area (Å²) >= 11 is 0. The minimum Gasteiger partial charge on any atom is -0.477 e. The fourth-order valence-corrected chi connectivity index (χ4v) is 4.56. The number of nitrogens with one attached hydrogen (secondary N) is 1. The number of anilines is 1. The monoisotopic (exact) mass is 484 g/mol. The van der Waals surface area contributed by atoms with E-state index in [-0.39, 0.29) is 30.6 Å². The van der Waals surface area contributed by atoms with Crippen LogP contribution in [-0.2, 0) is 17.6 Å². The predicted octanol–water partition coefficient (Wildman–Crippen LogP) is 1.56. The number of aliphatic hydroxyl groups excluding tert-OH is 1. The lowest BCUT2D eigenvalue weighted by atomic mass is 10.1. The SMILES string of the molecule is CCOc1nc(N2CCOCC2)ccc1C(=O)NCC(O)CN(C(=O)O)C1Cc2ccccc2C1. The summed E-state index contributed by atoms with van der Waals surface area (Å²) in [5.74, 6) is 0.492. The molecule has 2 heterocycles. The first kappa shape index (κ1) is 24.7. The molecular formula is C25H32N4O6. The van der Waals surface area contributed by atoms with E-state index < -0.39 is 18.1 Å². The van der Waals surface area contributed by atoms with Crippen molar-refractivity contribution in [3.63, 3.8) is 0 Å². The number of nitrogens with zero attached hydrogens (tertiary/aromatic N) is 3. The maximum atomic E-state index is 12.9. The Bertz CT molecular complexity index is 1020. The lowest BCUT2D eigenvalue weighted by Crippen LogP contribution is -2.47. The number of carboxylic acid groups (broad SMARTS) is 1. The standard InChI is InChI=1S/C25H32N4O6/c1-2-35-24-21(7-8-22(27-24)28-9-11-34-12-10-28)23(31)26-15-20(30)16-29(25(32)33)19-13-17-5-3-4-6-18(17)14-19/h3-8,19-20,30H,2,9-16H2,1H3,(H,26,31)(H,32,33). The Labute approximate surface area is 204 Å². The third-order valence-corrected chi connectivity index (χ3v) is 6.33. The summed E-state index contributed by atoms with van der Waals surface area (Å²) in [5.41, 5.74) is 2.52. The number of pyridine rings is 1. The van der Waals surface area contributed by atoms with E-state index in [2.05, 4.69) is 15.2 Å². The molecular weight excluding hydrogens is 452 g/mol. The fraction of sp³-hybridized carbons (Fsp3) is 0.480. The minimum atomic E-state index is -1.09. The van der Waals surface area contributed by atoms with E-state index in [0.29, 0.717) is 51.6 Å². The summed E-state index contributed by atoms with van der Waals surface area (Å²) < 4.78 is 11.0. The first-order valence-corrected chi connectivity index (χ1v) is 12.0. The Kier molecular flexibility index (Phi) is 8.04. The van der Waals surface area contributed by atoms with E-state index in [1.165, 1.54) is 4.90 Å². The Morgan fingerprint density at radius 1 is 1.20 bits per heavy atom. The molecule has 0 radical (unpaired) electrons. The average molecular weight is 485 g/mol. The molecule has 0 bridgehead atoms. The topological polar surface area (TPSA) is 124 Å². The molecule has 1 saturated heterocycles. The van der Waals surface area contributed by atoms with Crippen molar-refractivity contribution in [1.29, 1.82) is 0 Å². The molecule has 1 aliphatic carbocycles. The summed E-state index contributed by atoms with van der Waals surface area (Å²) in [6.45, 7) is 4.62. The number of fused-ring (bicyclic) bond motifs is 1. The molecule has 2 aromatic rings. The average Bonchev–Trinajstić information content (AvgIpc) is 3.30. The molecule has 1 aliphatic heterocycles. The molecule has 2 amide bonds. The van der Waals surface area contributed by atoms with Crippen molar-refractivity contribution in [1.82, 2.24) is 15.2 Å². The molecule has 10 heteroatoms. The number of carbonyl (C=O) groups excluding carboxylic acids is 1. The normalized spacial score (nSPS) is 16.5. The molecule has 188 valence electrons. The second-order valence-corrected chi connectivity index (χ2v) is 8.68. The van der Waals surface area contributed by atoms with Crippen LogP contribution >= 0.6 is 0 Å². The highest BCUT2D eigenvalue weighted by Crippen LogP contribution is 2.26. The quantitative estimate of drug-likeness (QED) is 0.490. The molecule has 1 aromatic heterocycles. The molecule has 1 unspecified atom stereocenters. The first-order chi connectivity index (χ1) is 17.0.